The van der Waals surface area contributed by atoms with Crippen LogP contribution in [0.5, 0.6) is 0 Å². The predicted octanol–water partition coefficient (Wildman–Crippen LogP) is 6.90. The molecule has 1 aliphatic rings. The van der Waals surface area contributed by atoms with Crippen molar-refractivity contribution >= 4 is 51.8 Å². The molecule has 0 bridgehead atoms. The number of alkyl carbamates (subject to hydrolysis) is 1. The number of benzene rings is 2. The van der Waals surface area contributed by atoms with Crippen LogP contribution in [0.25, 0.3) is 22.2 Å². The summed E-state index contributed by atoms with van der Waals surface area (Å²) in [6.45, 7) is 7.51. The zero-order valence-electron chi connectivity index (χ0n) is 22.9. The summed E-state index contributed by atoms with van der Waals surface area (Å²) in [5.41, 5.74) is 3.29. The smallest absolute Gasteiger partial charge is 0.407 e. The van der Waals surface area contributed by atoms with Crippen LogP contribution in [-0.4, -0.2) is 38.6 Å². The number of amides is 2. The number of nitrogens with zero attached hydrogens (tertiary/aromatic N) is 2. The highest BCUT2D eigenvalue weighted by Gasteiger charge is 2.37. The first-order chi connectivity index (χ1) is 19.1. The van der Waals surface area contributed by atoms with Crippen molar-refractivity contribution in [3.05, 3.63) is 65.9 Å². The number of anilines is 3. The second-order valence-corrected chi connectivity index (χ2v) is 11.6. The van der Waals surface area contributed by atoms with E-state index in [2.05, 4.69) is 30.9 Å². The number of hydrogen-bond donors (Lipinski definition) is 4. The summed E-state index contributed by atoms with van der Waals surface area (Å²) in [6.07, 6.45) is 4.24. The molecule has 208 valence electrons. The van der Waals surface area contributed by atoms with E-state index in [0.717, 1.165) is 16.5 Å². The minimum absolute atomic E-state index is 0.0816. The van der Waals surface area contributed by atoms with Crippen LogP contribution in [-0.2, 0) is 9.53 Å². The molecule has 5 rings (SSSR count). The van der Waals surface area contributed by atoms with Crippen LogP contribution in [0.2, 0.25) is 5.02 Å². The molecule has 4 aromatic rings. The molecule has 40 heavy (non-hydrogen) atoms. The Labute approximate surface area is 238 Å². The van der Waals surface area contributed by atoms with E-state index in [1.165, 1.54) is 0 Å². The van der Waals surface area contributed by atoms with Gasteiger partial charge < -0.3 is 25.7 Å². The van der Waals surface area contributed by atoms with E-state index >= 15 is 0 Å². The minimum Gasteiger partial charge on any atom is -0.444 e. The van der Waals surface area contributed by atoms with E-state index in [0.29, 0.717) is 40.9 Å². The molecule has 0 aliphatic heterocycles. The summed E-state index contributed by atoms with van der Waals surface area (Å²) >= 11 is 6.47. The molecule has 1 fully saturated rings. The number of ether oxygens (including phenoxy) is 1. The number of H-pyrrole nitrogens is 1. The Balaban J connectivity index is 1.24. The molecule has 1 saturated carbocycles. The van der Waals surface area contributed by atoms with Crippen molar-refractivity contribution in [2.45, 2.75) is 52.2 Å². The van der Waals surface area contributed by atoms with Crippen molar-refractivity contribution in [1.82, 2.24) is 20.3 Å². The zero-order chi connectivity index (χ0) is 28.4. The highest BCUT2D eigenvalue weighted by Crippen LogP contribution is 2.34. The van der Waals surface area contributed by atoms with E-state index in [9.17, 15) is 9.59 Å². The number of nitrogens with one attached hydrogen (secondary N) is 4. The number of fused-ring (bicyclic) bond motifs is 1. The van der Waals surface area contributed by atoms with Gasteiger partial charge in [-0.2, -0.15) is 0 Å². The molecule has 2 aromatic carbocycles. The number of aromatic amines is 1. The SMILES string of the molecule is CC1C[C@@H](C(=O)Nc2cccc(Nc3ncc(Cl)c(-c4c[nH]c5ccccc45)n3)c2)C[C@H]1NC(=O)OC(C)(C)C. The Morgan fingerprint density at radius 1 is 1.07 bits per heavy atom. The van der Waals surface area contributed by atoms with Crippen molar-refractivity contribution in [1.29, 1.82) is 0 Å². The highest BCUT2D eigenvalue weighted by molar-refractivity contribution is 6.33. The lowest BCUT2D eigenvalue weighted by molar-refractivity contribution is -0.119. The van der Waals surface area contributed by atoms with E-state index in [1.54, 1.807) is 6.20 Å². The summed E-state index contributed by atoms with van der Waals surface area (Å²) in [6, 6.07) is 15.2. The molecule has 0 radical (unpaired) electrons. The largest absolute Gasteiger partial charge is 0.444 e. The normalized spacial score (nSPS) is 18.9. The van der Waals surface area contributed by atoms with Crippen LogP contribution in [0.15, 0.2) is 60.9 Å². The fourth-order valence-corrected chi connectivity index (χ4v) is 5.25. The Morgan fingerprint density at radius 2 is 1.85 bits per heavy atom. The Kier molecular flexibility index (Phi) is 7.67. The first-order valence-electron chi connectivity index (χ1n) is 13.3. The second-order valence-electron chi connectivity index (χ2n) is 11.2. The maximum Gasteiger partial charge on any atom is 0.407 e. The van der Waals surface area contributed by atoms with Gasteiger partial charge in [0.15, 0.2) is 0 Å². The molecule has 2 amide bonds. The topological polar surface area (TPSA) is 121 Å². The standard InChI is InChI=1S/C30H33ClN6O3/c1-17-12-18(13-25(17)36-29(39)40-30(2,3)4)27(38)34-19-8-7-9-20(14-19)35-28-33-16-23(31)26(37-28)22-15-32-24-11-6-5-10-21(22)24/h5-11,14-18,25,32H,12-13H2,1-4H3,(H,34,38)(H,36,39)(H,33,35,37)/t17?,18-,25-/m1/s1. The van der Waals surface area contributed by atoms with Crippen molar-refractivity contribution in [3.8, 4) is 11.3 Å². The highest BCUT2D eigenvalue weighted by atomic mass is 35.5. The van der Waals surface area contributed by atoms with Gasteiger partial charge in [-0.3, -0.25) is 4.79 Å². The van der Waals surface area contributed by atoms with Gasteiger partial charge >= 0.3 is 6.09 Å². The summed E-state index contributed by atoms with van der Waals surface area (Å²) in [4.78, 5) is 37.6. The molecule has 0 saturated heterocycles. The fourth-order valence-electron chi connectivity index (χ4n) is 5.05. The number of rotatable bonds is 6. The van der Waals surface area contributed by atoms with Gasteiger partial charge in [0.25, 0.3) is 0 Å². The fraction of sp³-hybridized carbons (Fsp3) is 0.333. The third-order valence-electron chi connectivity index (χ3n) is 6.93. The molecule has 0 spiro atoms. The van der Waals surface area contributed by atoms with Gasteiger partial charge in [0.05, 0.1) is 16.9 Å². The van der Waals surface area contributed by atoms with Crippen LogP contribution in [0, 0.1) is 11.8 Å². The monoisotopic (exact) mass is 560 g/mol. The van der Waals surface area contributed by atoms with E-state index in [4.69, 9.17) is 16.3 Å². The zero-order valence-corrected chi connectivity index (χ0v) is 23.7. The summed E-state index contributed by atoms with van der Waals surface area (Å²) in [7, 11) is 0. The van der Waals surface area contributed by atoms with Crippen LogP contribution >= 0.6 is 11.6 Å². The number of aromatic nitrogens is 3. The Hall–Kier alpha value is -4.11. The van der Waals surface area contributed by atoms with E-state index < -0.39 is 11.7 Å². The molecule has 3 atom stereocenters. The second kappa shape index (κ2) is 11.2. The van der Waals surface area contributed by atoms with Crippen molar-refractivity contribution in [2.24, 2.45) is 11.8 Å². The third-order valence-corrected chi connectivity index (χ3v) is 7.21. The molecule has 1 unspecified atom stereocenters. The first-order valence-corrected chi connectivity index (χ1v) is 13.7. The van der Waals surface area contributed by atoms with E-state index in [-0.39, 0.29) is 23.8 Å². The maximum atomic E-state index is 13.1. The molecule has 4 N–H and O–H groups in total. The molecule has 9 nitrogen and oxygen atoms in total. The van der Waals surface area contributed by atoms with Gasteiger partial charge in [0.1, 0.15) is 5.60 Å². The number of carbonyl (C=O) groups is 2. The lowest BCUT2D eigenvalue weighted by Crippen LogP contribution is -2.40. The average Bonchev–Trinajstić information content (AvgIpc) is 3.48. The average molecular weight is 561 g/mol. The van der Waals surface area contributed by atoms with Crippen LogP contribution in [0.3, 0.4) is 0 Å². The van der Waals surface area contributed by atoms with Gasteiger partial charge in [-0.25, -0.2) is 14.8 Å². The van der Waals surface area contributed by atoms with Gasteiger partial charge in [0, 0.05) is 46.0 Å². The predicted molar refractivity (Wildman–Crippen MR) is 158 cm³/mol. The lowest BCUT2D eigenvalue weighted by atomic mass is 10.1. The molecular formula is C30H33ClN6O3. The Bertz CT molecular complexity index is 1550. The van der Waals surface area contributed by atoms with Crippen LogP contribution in [0.4, 0.5) is 22.1 Å². The minimum atomic E-state index is -0.573. The number of carbonyl (C=O) groups excluding carboxylic acids is 2. The molecule has 2 aromatic heterocycles. The molecule has 1 aliphatic carbocycles. The number of halogens is 1. The Morgan fingerprint density at radius 3 is 2.65 bits per heavy atom. The maximum absolute atomic E-state index is 13.1. The quantitative estimate of drug-likeness (QED) is 0.203. The summed E-state index contributed by atoms with van der Waals surface area (Å²) in [5.74, 6) is 0.241. The molecule has 10 heteroatoms. The van der Waals surface area contributed by atoms with Crippen molar-refractivity contribution in [3.63, 3.8) is 0 Å². The van der Waals surface area contributed by atoms with Gasteiger partial charge in [-0.1, -0.05) is 42.8 Å². The summed E-state index contributed by atoms with van der Waals surface area (Å²) < 4.78 is 5.38. The van der Waals surface area contributed by atoms with Crippen LogP contribution < -0.4 is 16.0 Å². The lowest BCUT2D eigenvalue weighted by Gasteiger charge is -2.23. The molecule has 2 heterocycles. The van der Waals surface area contributed by atoms with Crippen molar-refractivity contribution in [2.75, 3.05) is 10.6 Å². The van der Waals surface area contributed by atoms with Gasteiger partial charge in [0.2, 0.25) is 11.9 Å². The third kappa shape index (κ3) is 6.37. The summed E-state index contributed by atoms with van der Waals surface area (Å²) in [5, 5.41) is 10.6. The molecular weight excluding hydrogens is 528 g/mol. The van der Waals surface area contributed by atoms with Gasteiger partial charge in [-0.05, 0) is 63.8 Å². The van der Waals surface area contributed by atoms with E-state index in [1.807, 2.05) is 82.4 Å². The van der Waals surface area contributed by atoms with Gasteiger partial charge in [-0.15, -0.1) is 0 Å². The van der Waals surface area contributed by atoms with Crippen molar-refractivity contribution < 1.29 is 14.3 Å². The first kappa shape index (κ1) is 27.5. The number of hydrogen-bond acceptors (Lipinski definition) is 6. The van der Waals surface area contributed by atoms with Crippen LogP contribution in [0.1, 0.15) is 40.5 Å². The number of para-hydroxylation sites is 1.